The fourth-order valence-corrected chi connectivity index (χ4v) is 2.64. The fourth-order valence-electron chi connectivity index (χ4n) is 2.64. The summed E-state index contributed by atoms with van der Waals surface area (Å²) in [5.41, 5.74) is 3.84. The largest absolute Gasteiger partial charge is 0.489 e. The first-order valence-corrected chi connectivity index (χ1v) is 9.00. The van der Waals surface area contributed by atoms with Gasteiger partial charge in [0, 0.05) is 0 Å². The molecule has 2 nitrogen and oxygen atoms in total. The summed E-state index contributed by atoms with van der Waals surface area (Å²) in [6.07, 6.45) is 0. The van der Waals surface area contributed by atoms with Crippen molar-refractivity contribution in [3.05, 3.63) is 95.6 Å². The van der Waals surface area contributed by atoms with Gasteiger partial charge in [-0.15, -0.1) is 0 Å². The summed E-state index contributed by atoms with van der Waals surface area (Å²) in [5, 5.41) is 0. The summed E-state index contributed by atoms with van der Waals surface area (Å²) in [7, 11) is 0. The van der Waals surface area contributed by atoms with Crippen LogP contribution in [0.2, 0.25) is 0 Å². The SMILES string of the molecule is CC(C)(C)c1ccc(COc2ccc(OCc3ccccc3)cc2)cc1. The molecule has 0 aliphatic heterocycles. The van der Waals surface area contributed by atoms with Crippen LogP contribution in [0.4, 0.5) is 0 Å². The van der Waals surface area contributed by atoms with E-state index in [4.69, 9.17) is 9.47 Å². The average molecular weight is 346 g/mol. The highest BCUT2D eigenvalue weighted by Gasteiger charge is 2.12. The Morgan fingerprint density at radius 3 is 1.50 bits per heavy atom. The van der Waals surface area contributed by atoms with Crippen LogP contribution in [-0.2, 0) is 18.6 Å². The Bertz CT molecular complexity index is 798. The summed E-state index contributed by atoms with van der Waals surface area (Å²) >= 11 is 0. The van der Waals surface area contributed by atoms with Gasteiger partial charge in [0.2, 0.25) is 0 Å². The van der Waals surface area contributed by atoms with Crippen molar-refractivity contribution in [2.24, 2.45) is 0 Å². The van der Waals surface area contributed by atoms with Crippen LogP contribution in [0.15, 0.2) is 78.9 Å². The molecule has 0 unspecified atom stereocenters. The summed E-state index contributed by atoms with van der Waals surface area (Å²) in [6.45, 7) is 7.80. The Kier molecular flexibility index (Phi) is 5.62. The maximum absolute atomic E-state index is 5.88. The van der Waals surface area contributed by atoms with Gasteiger partial charge in [-0.05, 0) is 46.4 Å². The number of hydrogen-bond acceptors (Lipinski definition) is 2. The number of rotatable bonds is 6. The minimum atomic E-state index is 0.176. The second-order valence-corrected chi connectivity index (χ2v) is 7.48. The standard InChI is InChI=1S/C24H26O2/c1-24(2,3)21-11-9-20(10-12-21)18-26-23-15-13-22(14-16-23)25-17-19-7-5-4-6-8-19/h4-16H,17-18H2,1-3H3. The minimum Gasteiger partial charge on any atom is -0.489 e. The Morgan fingerprint density at radius 2 is 1.04 bits per heavy atom. The molecule has 0 bridgehead atoms. The highest BCUT2D eigenvalue weighted by Crippen LogP contribution is 2.23. The molecule has 0 amide bonds. The van der Waals surface area contributed by atoms with Gasteiger partial charge in [-0.2, -0.15) is 0 Å². The predicted molar refractivity (Wildman–Crippen MR) is 107 cm³/mol. The van der Waals surface area contributed by atoms with Gasteiger partial charge in [-0.25, -0.2) is 0 Å². The van der Waals surface area contributed by atoms with Crippen LogP contribution in [-0.4, -0.2) is 0 Å². The Hall–Kier alpha value is -2.74. The van der Waals surface area contributed by atoms with Crippen LogP contribution in [0.3, 0.4) is 0 Å². The van der Waals surface area contributed by atoms with E-state index in [1.807, 2.05) is 42.5 Å². The van der Waals surface area contributed by atoms with Crippen LogP contribution in [0.1, 0.15) is 37.5 Å². The molecule has 2 heteroatoms. The topological polar surface area (TPSA) is 18.5 Å². The van der Waals surface area contributed by atoms with Crippen LogP contribution < -0.4 is 9.47 Å². The van der Waals surface area contributed by atoms with E-state index < -0.39 is 0 Å². The van der Waals surface area contributed by atoms with Crippen molar-refractivity contribution in [3.8, 4) is 11.5 Å². The first kappa shape index (κ1) is 18.1. The van der Waals surface area contributed by atoms with E-state index in [2.05, 4.69) is 57.2 Å². The van der Waals surface area contributed by atoms with Crippen LogP contribution in [0.25, 0.3) is 0 Å². The zero-order chi connectivity index (χ0) is 18.4. The monoisotopic (exact) mass is 346 g/mol. The van der Waals surface area contributed by atoms with Crippen molar-refractivity contribution in [2.45, 2.75) is 39.4 Å². The molecule has 0 saturated heterocycles. The zero-order valence-corrected chi connectivity index (χ0v) is 15.7. The molecule has 26 heavy (non-hydrogen) atoms. The maximum Gasteiger partial charge on any atom is 0.120 e. The molecule has 0 atom stereocenters. The smallest absolute Gasteiger partial charge is 0.120 e. The average Bonchev–Trinajstić information content (AvgIpc) is 2.66. The molecule has 0 fully saturated rings. The van der Waals surface area contributed by atoms with Gasteiger partial charge >= 0.3 is 0 Å². The lowest BCUT2D eigenvalue weighted by atomic mass is 9.87. The molecule has 0 saturated carbocycles. The summed E-state index contributed by atoms with van der Waals surface area (Å²) in [4.78, 5) is 0. The molecular formula is C24H26O2. The first-order valence-electron chi connectivity index (χ1n) is 9.00. The number of ether oxygens (including phenoxy) is 2. The third kappa shape index (κ3) is 5.13. The van der Waals surface area contributed by atoms with Gasteiger partial charge in [0.25, 0.3) is 0 Å². The van der Waals surface area contributed by atoms with Gasteiger partial charge < -0.3 is 9.47 Å². The number of hydrogen-bond donors (Lipinski definition) is 0. The van der Waals surface area contributed by atoms with E-state index in [1.165, 1.54) is 11.1 Å². The Morgan fingerprint density at radius 1 is 0.577 bits per heavy atom. The zero-order valence-electron chi connectivity index (χ0n) is 15.7. The molecule has 0 aromatic heterocycles. The van der Waals surface area contributed by atoms with Crippen molar-refractivity contribution in [2.75, 3.05) is 0 Å². The molecule has 0 aliphatic rings. The lowest BCUT2D eigenvalue weighted by Crippen LogP contribution is -2.10. The molecule has 0 radical (unpaired) electrons. The first-order chi connectivity index (χ1) is 12.5. The normalized spacial score (nSPS) is 11.2. The van der Waals surface area contributed by atoms with Crippen molar-refractivity contribution in [1.29, 1.82) is 0 Å². The maximum atomic E-state index is 5.88. The third-order valence-electron chi connectivity index (χ3n) is 4.30. The predicted octanol–water partition coefficient (Wildman–Crippen LogP) is 6.14. The third-order valence-corrected chi connectivity index (χ3v) is 4.30. The highest BCUT2D eigenvalue weighted by atomic mass is 16.5. The summed E-state index contributed by atoms with van der Waals surface area (Å²) < 4.78 is 11.7. The van der Waals surface area contributed by atoms with Crippen molar-refractivity contribution in [3.63, 3.8) is 0 Å². The Balaban J connectivity index is 1.51. The van der Waals surface area contributed by atoms with E-state index in [0.717, 1.165) is 17.1 Å². The van der Waals surface area contributed by atoms with Crippen LogP contribution in [0, 0.1) is 0 Å². The van der Waals surface area contributed by atoms with Crippen molar-refractivity contribution < 1.29 is 9.47 Å². The van der Waals surface area contributed by atoms with Crippen LogP contribution >= 0.6 is 0 Å². The van der Waals surface area contributed by atoms with E-state index in [1.54, 1.807) is 0 Å². The molecule has 134 valence electrons. The molecule has 0 aliphatic carbocycles. The second-order valence-electron chi connectivity index (χ2n) is 7.48. The van der Waals surface area contributed by atoms with Crippen LogP contribution in [0.5, 0.6) is 11.5 Å². The van der Waals surface area contributed by atoms with E-state index in [-0.39, 0.29) is 5.41 Å². The summed E-state index contributed by atoms with van der Waals surface area (Å²) in [6, 6.07) is 26.6. The fraction of sp³-hybridized carbons (Fsp3) is 0.250. The highest BCUT2D eigenvalue weighted by molar-refractivity contribution is 5.32. The van der Waals surface area contributed by atoms with Gasteiger partial charge in [0.15, 0.2) is 0 Å². The molecule has 3 aromatic carbocycles. The van der Waals surface area contributed by atoms with Gasteiger partial charge in [-0.1, -0.05) is 75.4 Å². The molecule has 0 spiro atoms. The lowest BCUT2D eigenvalue weighted by molar-refractivity contribution is 0.297. The van der Waals surface area contributed by atoms with E-state index in [0.29, 0.717) is 13.2 Å². The summed E-state index contributed by atoms with van der Waals surface area (Å²) in [5.74, 6) is 1.69. The molecular weight excluding hydrogens is 320 g/mol. The Labute approximate surface area is 156 Å². The molecule has 0 N–H and O–H groups in total. The minimum absolute atomic E-state index is 0.176. The van der Waals surface area contributed by atoms with Crippen molar-refractivity contribution in [1.82, 2.24) is 0 Å². The quantitative estimate of drug-likeness (QED) is 0.533. The van der Waals surface area contributed by atoms with Crippen molar-refractivity contribution >= 4 is 0 Å². The second kappa shape index (κ2) is 8.09. The van der Waals surface area contributed by atoms with Gasteiger partial charge in [0.05, 0.1) is 0 Å². The number of benzene rings is 3. The lowest BCUT2D eigenvalue weighted by Gasteiger charge is -2.19. The molecule has 3 aromatic rings. The van der Waals surface area contributed by atoms with Gasteiger partial charge in [0.1, 0.15) is 24.7 Å². The van der Waals surface area contributed by atoms with E-state index >= 15 is 0 Å². The molecule has 3 rings (SSSR count). The van der Waals surface area contributed by atoms with Gasteiger partial charge in [-0.3, -0.25) is 0 Å². The van der Waals surface area contributed by atoms with E-state index in [9.17, 15) is 0 Å². The molecule has 0 heterocycles.